The molecule has 0 radical (unpaired) electrons. The van der Waals surface area contributed by atoms with E-state index in [9.17, 15) is 5.11 Å². The molecule has 0 bridgehead atoms. The van der Waals surface area contributed by atoms with Gasteiger partial charge in [-0.15, -0.1) is 0 Å². The van der Waals surface area contributed by atoms with Crippen LogP contribution in [0.15, 0.2) is 23.2 Å². The summed E-state index contributed by atoms with van der Waals surface area (Å²) < 4.78 is 16.4. The van der Waals surface area contributed by atoms with E-state index in [2.05, 4.69) is 29.5 Å². The van der Waals surface area contributed by atoms with Gasteiger partial charge in [-0.25, -0.2) is 0 Å². The topological polar surface area (TPSA) is 84.3 Å². The number of guanidine groups is 1. The van der Waals surface area contributed by atoms with Gasteiger partial charge in [-0.2, -0.15) is 0 Å². The third-order valence-corrected chi connectivity index (χ3v) is 5.92. The highest BCUT2D eigenvalue weighted by molar-refractivity contribution is 5.80. The van der Waals surface area contributed by atoms with Crippen molar-refractivity contribution in [1.29, 1.82) is 0 Å². The van der Waals surface area contributed by atoms with Gasteiger partial charge in [0.05, 0.1) is 33.0 Å². The van der Waals surface area contributed by atoms with Crippen LogP contribution in [0.1, 0.15) is 38.9 Å². The van der Waals surface area contributed by atoms with Crippen LogP contribution in [0.4, 0.5) is 0 Å². The van der Waals surface area contributed by atoms with Gasteiger partial charge in [-0.3, -0.25) is 4.99 Å². The van der Waals surface area contributed by atoms with Crippen LogP contribution in [0.3, 0.4) is 0 Å². The zero-order valence-corrected chi connectivity index (χ0v) is 17.5. The molecule has 1 saturated carbocycles. The van der Waals surface area contributed by atoms with Crippen LogP contribution in [0.2, 0.25) is 0 Å². The van der Waals surface area contributed by atoms with Crippen molar-refractivity contribution in [2.75, 3.05) is 33.9 Å². The van der Waals surface area contributed by atoms with Gasteiger partial charge in [0.25, 0.3) is 0 Å². The van der Waals surface area contributed by atoms with Gasteiger partial charge in [0.15, 0.2) is 5.96 Å². The first kappa shape index (κ1) is 20.7. The lowest BCUT2D eigenvalue weighted by Gasteiger charge is -2.54. The molecule has 0 amide bonds. The number of benzene rings is 1. The van der Waals surface area contributed by atoms with Crippen LogP contribution in [0.5, 0.6) is 11.5 Å². The van der Waals surface area contributed by atoms with Gasteiger partial charge in [0.1, 0.15) is 11.5 Å². The summed E-state index contributed by atoms with van der Waals surface area (Å²) in [6.45, 7) is 8.33. The van der Waals surface area contributed by atoms with Crippen molar-refractivity contribution in [3.05, 3.63) is 23.8 Å². The zero-order chi connectivity index (χ0) is 20.3. The van der Waals surface area contributed by atoms with Crippen LogP contribution in [-0.4, -0.2) is 57.1 Å². The average Bonchev–Trinajstić information content (AvgIpc) is 3.16. The standard InChI is InChI=1S/C21H33N3O4/c1-6-22-20(24-18-16-7-8-28-19(16)21(18,2)3)23-12-17(25)13-9-14(26-4)11-15(10-13)27-5/h9-11,16-19,25H,6-8,12H2,1-5H3,(H2,22,23,24). The predicted octanol–water partition coefficient (Wildman–Crippen LogP) is 2.11. The number of fused-ring (bicyclic) bond motifs is 1. The van der Waals surface area contributed by atoms with E-state index in [0.717, 1.165) is 25.5 Å². The fraction of sp³-hybridized carbons (Fsp3) is 0.667. The molecule has 1 aromatic carbocycles. The van der Waals surface area contributed by atoms with Crippen LogP contribution < -0.4 is 20.1 Å². The molecule has 7 nitrogen and oxygen atoms in total. The molecule has 7 heteroatoms. The van der Waals surface area contributed by atoms with Gasteiger partial charge in [-0.05, 0) is 31.0 Å². The van der Waals surface area contributed by atoms with E-state index < -0.39 is 6.10 Å². The minimum atomic E-state index is -0.753. The molecule has 0 spiro atoms. The smallest absolute Gasteiger partial charge is 0.191 e. The number of aliphatic imine (C=N–C) groups is 1. The van der Waals surface area contributed by atoms with Crippen LogP contribution in [0.25, 0.3) is 0 Å². The molecular formula is C21H33N3O4. The fourth-order valence-electron chi connectivity index (χ4n) is 4.39. The number of hydrogen-bond donors (Lipinski definition) is 3. The van der Waals surface area contributed by atoms with E-state index in [-0.39, 0.29) is 12.0 Å². The van der Waals surface area contributed by atoms with Crippen molar-refractivity contribution in [2.45, 2.75) is 45.4 Å². The molecule has 0 aromatic heterocycles. The van der Waals surface area contributed by atoms with Crippen molar-refractivity contribution >= 4 is 5.96 Å². The molecule has 3 rings (SSSR count). The highest BCUT2D eigenvalue weighted by Crippen LogP contribution is 2.52. The van der Waals surface area contributed by atoms with E-state index in [0.29, 0.717) is 35.1 Å². The molecule has 1 saturated heterocycles. The van der Waals surface area contributed by atoms with Gasteiger partial charge < -0.3 is 30.0 Å². The molecule has 1 aromatic rings. The zero-order valence-electron chi connectivity index (χ0n) is 17.5. The van der Waals surface area contributed by atoms with Crippen molar-refractivity contribution < 1.29 is 19.3 Å². The third-order valence-electron chi connectivity index (χ3n) is 5.92. The highest BCUT2D eigenvalue weighted by Gasteiger charge is 2.59. The summed E-state index contributed by atoms with van der Waals surface area (Å²) in [5.41, 5.74) is 0.778. The third kappa shape index (κ3) is 4.05. The summed E-state index contributed by atoms with van der Waals surface area (Å²) >= 11 is 0. The second-order valence-electron chi connectivity index (χ2n) is 8.07. The number of hydrogen-bond acceptors (Lipinski definition) is 5. The van der Waals surface area contributed by atoms with Gasteiger partial charge >= 0.3 is 0 Å². The van der Waals surface area contributed by atoms with Crippen molar-refractivity contribution in [3.63, 3.8) is 0 Å². The Hall–Kier alpha value is -1.99. The lowest BCUT2D eigenvalue weighted by molar-refractivity contribution is -0.106. The number of aliphatic hydroxyl groups is 1. The van der Waals surface area contributed by atoms with Gasteiger partial charge in [-0.1, -0.05) is 13.8 Å². The normalized spacial score (nSPS) is 26.8. The maximum absolute atomic E-state index is 10.6. The molecule has 2 aliphatic rings. The minimum absolute atomic E-state index is 0.0656. The fourth-order valence-corrected chi connectivity index (χ4v) is 4.39. The number of ether oxygens (including phenoxy) is 3. The second-order valence-corrected chi connectivity index (χ2v) is 8.07. The van der Waals surface area contributed by atoms with E-state index in [1.807, 2.05) is 6.92 Å². The molecule has 156 valence electrons. The van der Waals surface area contributed by atoms with E-state index in [4.69, 9.17) is 14.2 Å². The number of aliphatic hydroxyl groups excluding tert-OH is 1. The Labute approximate surface area is 167 Å². The summed E-state index contributed by atoms with van der Waals surface area (Å²) in [6.07, 6.45) is 0.649. The Bertz CT molecular complexity index is 685. The SMILES string of the molecule is CCNC(=NCC(O)c1cc(OC)cc(OC)c1)NC1C2CCOC2C1(C)C. The molecule has 1 aliphatic carbocycles. The van der Waals surface area contributed by atoms with Gasteiger partial charge in [0, 0.05) is 36.6 Å². The number of rotatable bonds is 7. The maximum Gasteiger partial charge on any atom is 0.191 e. The summed E-state index contributed by atoms with van der Waals surface area (Å²) in [4.78, 5) is 4.62. The maximum atomic E-state index is 10.6. The number of nitrogens with one attached hydrogen (secondary N) is 2. The molecule has 1 heterocycles. The van der Waals surface area contributed by atoms with Crippen molar-refractivity contribution in [3.8, 4) is 11.5 Å². The summed E-state index contributed by atoms with van der Waals surface area (Å²) in [5.74, 6) is 2.53. The molecule has 28 heavy (non-hydrogen) atoms. The molecule has 1 aliphatic heterocycles. The number of nitrogens with zero attached hydrogens (tertiary/aromatic N) is 1. The van der Waals surface area contributed by atoms with Crippen molar-refractivity contribution in [2.24, 2.45) is 16.3 Å². The first-order valence-electron chi connectivity index (χ1n) is 9.98. The van der Waals surface area contributed by atoms with Crippen molar-refractivity contribution in [1.82, 2.24) is 10.6 Å². The van der Waals surface area contributed by atoms with Gasteiger partial charge in [0.2, 0.25) is 0 Å². The Kier molecular flexibility index (Phi) is 6.35. The quantitative estimate of drug-likeness (QED) is 0.488. The predicted molar refractivity (Wildman–Crippen MR) is 109 cm³/mol. The lowest BCUT2D eigenvalue weighted by Crippen LogP contribution is -2.68. The first-order chi connectivity index (χ1) is 13.4. The lowest BCUT2D eigenvalue weighted by atomic mass is 9.57. The Morgan fingerprint density at radius 1 is 1.29 bits per heavy atom. The molecule has 2 fully saturated rings. The number of methoxy groups -OCH3 is 2. The molecule has 3 N–H and O–H groups in total. The highest BCUT2D eigenvalue weighted by atomic mass is 16.5. The Balaban J connectivity index is 1.69. The molecular weight excluding hydrogens is 358 g/mol. The van der Waals surface area contributed by atoms with E-state index >= 15 is 0 Å². The van der Waals surface area contributed by atoms with E-state index in [1.165, 1.54) is 0 Å². The average molecular weight is 392 g/mol. The summed E-state index contributed by atoms with van der Waals surface area (Å²) in [6, 6.07) is 5.70. The van der Waals surface area contributed by atoms with Crippen LogP contribution >= 0.6 is 0 Å². The largest absolute Gasteiger partial charge is 0.497 e. The Morgan fingerprint density at radius 3 is 2.57 bits per heavy atom. The Morgan fingerprint density at radius 2 is 1.96 bits per heavy atom. The van der Waals surface area contributed by atoms with Crippen LogP contribution in [0, 0.1) is 11.3 Å². The molecule has 4 unspecified atom stereocenters. The van der Waals surface area contributed by atoms with Crippen LogP contribution in [-0.2, 0) is 4.74 Å². The molecule has 4 atom stereocenters. The summed E-state index contributed by atoms with van der Waals surface area (Å²) in [5, 5.41) is 17.5. The second kappa shape index (κ2) is 8.57. The first-order valence-corrected chi connectivity index (χ1v) is 9.98. The summed E-state index contributed by atoms with van der Waals surface area (Å²) in [7, 11) is 3.19. The minimum Gasteiger partial charge on any atom is -0.497 e. The monoisotopic (exact) mass is 391 g/mol. The van der Waals surface area contributed by atoms with E-state index in [1.54, 1.807) is 32.4 Å².